The van der Waals surface area contributed by atoms with Crippen molar-refractivity contribution in [3.05, 3.63) is 24.5 Å². The zero-order valence-electron chi connectivity index (χ0n) is 9.16. The van der Waals surface area contributed by atoms with Crippen LogP contribution in [0.3, 0.4) is 0 Å². The summed E-state index contributed by atoms with van der Waals surface area (Å²) < 4.78 is 0. The first-order chi connectivity index (χ1) is 7.33. The molecule has 0 fully saturated rings. The van der Waals surface area contributed by atoms with Gasteiger partial charge in [0.1, 0.15) is 0 Å². The van der Waals surface area contributed by atoms with E-state index in [1.165, 1.54) is 0 Å². The molecule has 0 aliphatic rings. The van der Waals surface area contributed by atoms with E-state index >= 15 is 0 Å². The predicted molar refractivity (Wildman–Crippen MR) is 60.4 cm³/mol. The van der Waals surface area contributed by atoms with Gasteiger partial charge in [-0.1, -0.05) is 6.42 Å². The maximum absolute atomic E-state index is 11.4. The Labute approximate surface area is 102 Å². The first-order valence-corrected chi connectivity index (χ1v) is 5.23. The fraction of sp³-hybridized carbons (Fsp3) is 0.455. The standard InChI is InChI=1S/C11H17N3O.ClH/c12-7-3-1-2-4-11(15)14-10-5-8-13-9-6-10;/h5-6,8-9H,1-4,7,12H2,(H,13,14,15);1H/p-1. The Balaban J connectivity index is 0.00000225. The number of rotatable bonds is 6. The molecule has 0 saturated carbocycles. The summed E-state index contributed by atoms with van der Waals surface area (Å²) in [5.74, 6) is 0.0539. The first-order valence-electron chi connectivity index (χ1n) is 5.23. The minimum atomic E-state index is 0. The Morgan fingerprint density at radius 3 is 2.56 bits per heavy atom. The van der Waals surface area contributed by atoms with Gasteiger partial charge in [-0.05, 0) is 31.5 Å². The minimum absolute atomic E-state index is 0. The molecule has 0 aromatic carbocycles. The first kappa shape index (κ1) is 14.9. The number of hydrogen-bond acceptors (Lipinski definition) is 3. The molecule has 1 amide bonds. The molecule has 0 bridgehead atoms. The Morgan fingerprint density at radius 2 is 1.94 bits per heavy atom. The SMILES string of the molecule is NCCCCCC(=O)Nc1ccncc1.[Cl-]. The highest BCUT2D eigenvalue weighted by atomic mass is 35.5. The molecule has 1 aromatic rings. The van der Waals surface area contributed by atoms with Crippen LogP contribution >= 0.6 is 0 Å². The summed E-state index contributed by atoms with van der Waals surface area (Å²) in [5.41, 5.74) is 6.16. The van der Waals surface area contributed by atoms with Crippen molar-refractivity contribution in [3.8, 4) is 0 Å². The van der Waals surface area contributed by atoms with Gasteiger partial charge in [0, 0.05) is 24.5 Å². The molecule has 0 saturated heterocycles. The third-order valence-electron chi connectivity index (χ3n) is 2.07. The number of pyridine rings is 1. The molecule has 0 atom stereocenters. The Hall–Kier alpha value is -1.13. The van der Waals surface area contributed by atoms with E-state index in [9.17, 15) is 4.79 Å². The summed E-state index contributed by atoms with van der Waals surface area (Å²) in [7, 11) is 0. The second kappa shape index (κ2) is 9.12. The summed E-state index contributed by atoms with van der Waals surface area (Å²) in [5, 5.41) is 2.81. The highest BCUT2D eigenvalue weighted by Gasteiger charge is 2.00. The highest BCUT2D eigenvalue weighted by Crippen LogP contribution is 2.05. The van der Waals surface area contributed by atoms with Gasteiger partial charge < -0.3 is 23.5 Å². The second-order valence-electron chi connectivity index (χ2n) is 3.38. The van der Waals surface area contributed by atoms with Gasteiger partial charge in [0.15, 0.2) is 0 Å². The minimum Gasteiger partial charge on any atom is -1.00 e. The lowest BCUT2D eigenvalue weighted by Gasteiger charge is -2.03. The number of hydrogen-bond donors (Lipinski definition) is 2. The van der Waals surface area contributed by atoms with E-state index in [0.29, 0.717) is 13.0 Å². The van der Waals surface area contributed by atoms with E-state index in [1.807, 2.05) is 0 Å². The van der Waals surface area contributed by atoms with E-state index in [0.717, 1.165) is 24.9 Å². The Morgan fingerprint density at radius 1 is 1.25 bits per heavy atom. The van der Waals surface area contributed by atoms with Gasteiger partial charge in [-0.15, -0.1) is 0 Å². The van der Waals surface area contributed by atoms with E-state index < -0.39 is 0 Å². The molecular weight excluding hydrogens is 226 g/mol. The summed E-state index contributed by atoms with van der Waals surface area (Å²) >= 11 is 0. The molecule has 1 aromatic heterocycles. The number of amides is 1. The van der Waals surface area contributed by atoms with Crippen LogP contribution in [0.15, 0.2) is 24.5 Å². The molecule has 16 heavy (non-hydrogen) atoms. The number of aromatic nitrogens is 1. The lowest BCUT2D eigenvalue weighted by atomic mass is 10.2. The van der Waals surface area contributed by atoms with Crippen LogP contribution in [0.2, 0.25) is 0 Å². The molecule has 90 valence electrons. The van der Waals surface area contributed by atoms with Crippen molar-refractivity contribution in [2.75, 3.05) is 11.9 Å². The highest BCUT2D eigenvalue weighted by molar-refractivity contribution is 5.90. The quantitative estimate of drug-likeness (QED) is 0.600. The zero-order chi connectivity index (χ0) is 10.9. The smallest absolute Gasteiger partial charge is 0.224 e. The Bertz CT molecular complexity index is 293. The maximum atomic E-state index is 11.4. The largest absolute Gasteiger partial charge is 1.00 e. The summed E-state index contributed by atoms with van der Waals surface area (Å²) in [6.45, 7) is 0.700. The maximum Gasteiger partial charge on any atom is 0.224 e. The van der Waals surface area contributed by atoms with Crippen molar-refractivity contribution < 1.29 is 17.2 Å². The van der Waals surface area contributed by atoms with E-state index in [1.54, 1.807) is 24.5 Å². The summed E-state index contributed by atoms with van der Waals surface area (Å²) in [6.07, 6.45) is 6.77. The molecule has 0 radical (unpaired) electrons. The van der Waals surface area contributed by atoms with Gasteiger partial charge in [-0.2, -0.15) is 0 Å². The van der Waals surface area contributed by atoms with Gasteiger partial charge in [-0.3, -0.25) is 9.78 Å². The van der Waals surface area contributed by atoms with Crippen molar-refractivity contribution in [1.29, 1.82) is 0 Å². The van der Waals surface area contributed by atoms with Crippen molar-refractivity contribution in [1.82, 2.24) is 4.98 Å². The number of anilines is 1. The number of halogens is 1. The second-order valence-corrected chi connectivity index (χ2v) is 3.38. The number of carbonyl (C=O) groups is 1. The molecular formula is C11H17ClN3O-. The fourth-order valence-electron chi connectivity index (χ4n) is 1.27. The predicted octanol–water partition coefficient (Wildman–Crippen LogP) is -1.46. The van der Waals surface area contributed by atoms with Gasteiger partial charge >= 0.3 is 0 Å². The van der Waals surface area contributed by atoms with Crippen molar-refractivity contribution in [2.24, 2.45) is 5.73 Å². The van der Waals surface area contributed by atoms with Gasteiger partial charge in [0.25, 0.3) is 0 Å². The molecule has 0 aliphatic carbocycles. The molecule has 4 nitrogen and oxygen atoms in total. The zero-order valence-corrected chi connectivity index (χ0v) is 9.91. The molecule has 3 N–H and O–H groups in total. The van der Waals surface area contributed by atoms with Crippen LogP contribution in [-0.4, -0.2) is 17.4 Å². The number of nitrogens with one attached hydrogen (secondary N) is 1. The third kappa shape index (κ3) is 6.37. The monoisotopic (exact) mass is 242 g/mol. The van der Waals surface area contributed by atoms with E-state index in [2.05, 4.69) is 10.3 Å². The van der Waals surface area contributed by atoms with Crippen molar-refractivity contribution in [3.63, 3.8) is 0 Å². The number of carbonyl (C=O) groups excluding carboxylic acids is 1. The van der Waals surface area contributed by atoms with Crippen LogP contribution in [0.4, 0.5) is 5.69 Å². The molecule has 0 spiro atoms. The fourth-order valence-corrected chi connectivity index (χ4v) is 1.27. The number of nitrogens with zero attached hydrogens (tertiary/aromatic N) is 1. The van der Waals surface area contributed by atoms with Crippen molar-refractivity contribution >= 4 is 11.6 Å². The average Bonchev–Trinajstić information content (AvgIpc) is 2.26. The number of unbranched alkanes of at least 4 members (excludes halogenated alkanes) is 2. The van der Waals surface area contributed by atoms with Crippen LogP contribution in [0.25, 0.3) is 0 Å². The molecule has 5 heteroatoms. The van der Waals surface area contributed by atoms with Crippen LogP contribution in [0.1, 0.15) is 25.7 Å². The lowest BCUT2D eigenvalue weighted by Crippen LogP contribution is -3.00. The normalized spacial score (nSPS) is 9.31. The summed E-state index contributed by atoms with van der Waals surface area (Å²) in [4.78, 5) is 15.3. The Kier molecular flexibility index (Phi) is 8.48. The molecule has 1 rings (SSSR count). The van der Waals surface area contributed by atoms with Gasteiger partial charge in [0.2, 0.25) is 5.91 Å². The molecule has 0 unspecified atom stereocenters. The lowest BCUT2D eigenvalue weighted by molar-refractivity contribution is -0.116. The van der Waals surface area contributed by atoms with Crippen LogP contribution in [0.5, 0.6) is 0 Å². The molecule has 0 aliphatic heterocycles. The van der Waals surface area contributed by atoms with E-state index in [4.69, 9.17) is 5.73 Å². The van der Waals surface area contributed by atoms with E-state index in [-0.39, 0.29) is 18.3 Å². The van der Waals surface area contributed by atoms with Crippen molar-refractivity contribution in [2.45, 2.75) is 25.7 Å². The van der Waals surface area contributed by atoms with Gasteiger partial charge in [0.05, 0.1) is 0 Å². The number of nitrogens with two attached hydrogens (primary N) is 1. The van der Waals surface area contributed by atoms with Crippen LogP contribution in [-0.2, 0) is 4.79 Å². The topological polar surface area (TPSA) is 68.0 Å². The van der Waals surface area contributed by atoms with Crippen LogP contribution < -0.4 is 23.5 Å². The van der Waals surface area contributed by atoms with Gasteiger partial charge in [-0.25, -0.2) is 0 Å². The van der Waals surface area contributed by atoms with Crippen LogP contribution in [0, 0.1) is 0 Å². The average molecular weight is 243 g/mol. The third-order valence-corrected chi connectivity index (χ3v) is 2.07. The molecule has 1 heterocycles. The summed E-state index contributed by atoms with van der Waals surface area (Å²) in [6, 6.07) is 3.55.